The maximum absolute atomic E-state index is 14.1. The third kappa shape index (κ3) is 3.36. The molecule has 0 saturated carbocycles. The molecule has 0 aliphatic heterocycles. The van der Waals surface area contributed by atoms with Crippen LogP contribution in [0.1, 0.15) is 25.5 Å². The molecule has 0 aliphatic carbocycles. The molecule has 1 N–H and O–H groups in total. The molecule has 2 aromatic rings. The Labute approximate surface area is 117 Å². The fraction of sp³-hybridized carbons (Fsp3) is 0.357. The molecule has 0 spiro atoms. The van der Waals surface area contributed by atoms with E-state index in [1.54, 1.807) is 28.7 Å². The third-order valence-electron chi connectivity index (χ3n) is 2.87. The highest BCUT2D eigenvalue weighted by molar-refractivity contribution is 7.99. The fourth-order valence-corrected chi connectivity index (χ4v) is 3.10. The van der Waals surface area contributed by atoms with Crippen molar-refractivity contribution in [3.05, 3.63) is 42.0 Å². The predicted octanol–water partition coefficient (Wildman–Crippen LogP) is 3.38. The van der Waals surface area contributed by atoms with E-state index in [2.05, 4.69) is 10.4 Å². The van der Waals surface area contributed by atoms with Gasteiger partial charge in [-0.25, -0.2) is 4.39 Å². The minimum atomic E-state index is -0.164. The van der Waals surface area contributed by atoms with Crippen molar-refractivity contribution in [2.24, 2.45) is 7.05 Å². The van der Waals surface area contributed by atoms with Crippen LogP contribution in [0.25, 0.3) is 0 Å². The summed E-state index contributed by atoms with van der Waals surface area (Å²) in [6.07, 6.45) is 3.72. The van der Waals surface area contributed by atoms with Crippen LogP contribution >= 0.6 is 11.8 Å². The number of aromatic nitrogens is 2. The number of benzene rings is 1. The van der Waals surface area contributed by atoms with Gasteiger partial charge in [0.15, 0.2) is 0 Å². The van der Waals surface area contributed by atoms with Gasteiger partial charge in [-0.05, 0) is 25.6 Å². The molecule has 102 valence electrons. The lowest BCUT2D eigenvalue weighted by Crippen LogP contribution is -2.19. The summed E-state index contributed by atoms with van der Waals surface area (Å²) < 4.78 is 15.8. The molecule has 19 heavy (non-hydrogen) atoms. The first-order valence-corrected chi connectivity index (χ1v) is 7.11. The topological polar surface area (TPSA) is 29.9 Å². The Kier molecular flexibility index (Phi) is 4.61. The molecule has 3 nitrogen and oxygen atoms in total. The fourth-order valence-electron chi connectivity index (χ4n) is 2.01. The molecule has 1 unspecified atom stereocenters. The van der Waals surface area contributed by atoms with Crippen molar-refractivity contribution in [2.75, 3.05) is 6.54 Å². The quantitative estimate of drug-likeness (QED) is 0.910. The van der Waals surface area contributed by atoms with E-state index in [1.165, 1.54) is 6.07 Å². The first-order valence-electron chi connectivity index (χ1n) is 6.30. The van der Waals surface area contributed by atoms with Crippen LogP contribution in [0.5, 0.6) is 0 Å². The Balaban J connectivity index is 2.31. The Morgan fingerprint density at radius 2 is 2.26 bits per heavy atom. The molecule has 5 heteroatoms. The Bertz CT molecular complexity index is 553. The van der Waals surface area contributed by atoms with Crippen molar-refractivity contribution in [1.82, 2.24) is 15.1 Å². The molecule has 0 saturated heterocycles. The third-order valence-corrected chi connectivity index (χ3v) is 3.89. The monoisotopic (exact) mass is 279 g/mol. The standard InChI is InChI=1S/C14H18FN3S/c1-4-16-10(2)14-12(15)6-5-7-13(14)19-11-8-17-18(3)9-11/h5-10,16H,4H2,1-3H3. The van der Waals surface area contributed by atoms with Crippen molar-refractivity contribution in [3.8, 4) is 0 Å². The largest absolute Gasteiger partial charge is 0.310 e. The Hall–Kier alpha value is -1.33. The van der Waals surface area contributed by atoms with E-state index < -0.39 is 0 Å². The average Bonchev–Trinajstić information content (AvgIpc) is 2.75. The summed E-state index contributed by atoms with van der Waals surface area (Å²) in [7, 11) is 1.87. The van der Waals surface area contributed by atoms with Gasteiger partial charge in [0.25, 0.3) is 0 Å². The zero-order valence-electron chi connectivity index (χ0n) is 11.4. The Morgan fingerprint density at radius 3 is 2.89 bits per heavy atom. The summed E-state index contributed by atoms with van der Waals surface area (Å²) >= 11 is 1.54. The highest BCUT2D eigenvalue weighted by Gasteiger charge is 2.16. The lowest BCUT2D eigenvalue weighted by molar-refractivity contribution is 0.531. The van der Waals surface area contributed by atoms with Crippen LogP contribution in [0.2, 0.25) is 0 Å². The summed E-state index contributed by atoms with van der Waals surface area (Å²) in [6.45, 7) is 4.81. The maximum Gasteiger partial charge on any atom is 0.129 e. The molecule has 0 radical (unpaired) electrons. The van der Waals surface area contributed by atoms with Gasteiger partial charge in [0.2, 0.25) is 0 Å². The number of nitrogens with one attached hydrogen (secondary N) is 1. The average molecular weight is 279 g/mol. The molecule has 0 aliphatic rings. The maximum atomic E-state index is 14.1. The van der Waals surface area contributed by atoms with Crippen LogP contribution in [-0.2, 0) is 7.05 Å². The minimum absolute atomic E-state index is 0.00892. The normalized spacial score (nSPS) is 12.6. The van der Waals surface area contributed by atoms with Crippen LogP contribution in [-0.4, -0.2) is 16.3 Å². The number of hydrogen-bond donors (Lipinski definition) is 1. The van der Waals surface area contributed by atoms with Crippen LogP contribution in [0.3, 0.4) is 0 Å². The van der Waals surface area contributed by atoms with Crippen molar-refractivity contribution in [3.63, 3.8) is 0 Å². The summed E-state index contributed by atoms with van der Waals surface area (Å²) in [4.78, 5) is 1.94. The van der Waals surface area contributed by atoms with Crippen LogP contribution in [0.4, 0.5) is 4.39 Å². The minimum Gasteiger partial charge on any atom is -0.310 e. The van der Waals surface area contributed by atoms with Crippen LogP contribution < -0.4 is 5.32 Å². The number of nitrogens with zero attached hydrogens (tertiary/aromatic N) is 2. The van der Waals surface area contributed by atoms with Gasteiger partial charge < -0.3 is 5.32 Å². The van der Waals surface area contributed by atoms with E-state index in [1.807, 2.05) is 33.2 Å². The molecule has 1 atom stereocenters. The van der Waals surface area contributed by atoms with Gasteiger partial charge in [0.05, 0.1) is 11.1 Å². The van der Waals surface area contributed by atoms with Gasteiger partial charge in [0, 0.05) is 29.7 Å². The van der Waals surface area contributed by atoms with Crippen molar-refractivity contribution < 1.29 is 4.39 Å². The molecular formula is C14H18FN3S. The van der Waals surface area contributed by atoms with Gasteiger partial charge in [-0.2, -0.15) is 5.10 Å². The Morgan fingerprint density at radius 1 is 1.47 bits per heavy atom. The van der Waals surface area contributed by atoms with Crippen molar-refractivity contribution in [2.45, 2.75) is 29.7 Å². The zero-order chi connectivity index (χ0) is 13.8. The zero-order valence-corrected chi connectivity index (χ0v) is 12.2. The van der Waals surface area contributed by atoms with Gasteiger partial charge in [-0.15, -0.1) is 0 Å². The number of aryl methyl sites for hydroxylation is 1. The summed E-state index contributed by atoms with van der Waals surface area (Å²) in [6, 6.07) is 5.20. The van der Waals surface area contributed by atoms with Gasteiger partial charge in [-0.3, -0.25) is 4.68 Å². The molecule has 1 aromatic heterocycles. The van der Waals surface area contributed by atoms with Crippen molar-refractivity contribution in [1.29, 1.82) is 0 Å². The van der Waals surface area contributed by atoms with E-state index in [0.29, 0.717) is 0 Å². The first kappa shape index (κ1) is 14.1. The number of halogens is 1. The SMILES string of the molecule is CCNC(C)c1c(F)cccc1Sc1cnn(C)c1. The summed E-state index contributed by atoms with van der Waals surface area (Å²) in [5, 5.41) is 7.39. The molecular weight excluding hydrogens is 261 g/mol. The smallest absolute Gasteiger partial charge is 0.129 e. The van der Waals surface area contributed by atoms with Gasteiger partial charge in [0.1, 0.15) is 5.82 Å². The summed E-state index contributed by atoms with van der Waals surface area (Å²) in [5.41, 5.74) is 0.721. The second-order valence-corrected chi connectivity index (χ2v) is 5.50. The van der Waals surface area contributed by atoms with E-state index in [-0.39, 0.29) is 11.9 Å². The predicted molar refractivity (Wildman–Crippen MR) is 75.8 cm³/mol. The molecule has 0 fully saturated rings. The highest BCUT2D eigenvalue weighted by atomic mass is 32.2. The summed E-state index contributed by atoms with van der Waals surface area (Å²) in [5.74, 6) is -0.164. The lowest BCUT2D eigenvalue weighted by atomic mass is 10.1. The van der Waals surface area contributed by atoms with E-state index in [9.17, 15) is 4.39 Å². The van der Waals surface area contributed by atoms with E-state index in [0.717, 1.165) is 21.9 Å². The van der Waals surface area contributed by atoms with Crippen LogP contribution in [0, 0.1) is 5.82 Å². The molecule has 0 amide bonds. The lowest BCUT2D eigenvalue weighted by Gasteiger charge is -2.17. The van der Waals surface area contributed by atoms with E-state index >= 15 is 0 Å². The van der Waals surface area contributed by atoms with E-state index in [4.69, 9.17) is 0 Å². The van der Waals surface area contributed by atoms with Gasteiger partial charge in [-0.1, -0.05) is 24.8 Å². The number of hydrogen-bond acceptors (Lipinski definition) is 3. The molecule has 1 aromatic carbocycles. The van der Waals surface area contributed by atoms with Gasteiger partial charge >= 0.3 is 0 Å². The van der Waals surface area contributed by atoms with Crippen LogP contribution in [0.15, 0.2) is 40.4 Å². The highest BCUT2D eigenvalue weighted by Crippen LogP contribution is 2.34. The first-order chi connectivity index (χ1) is 9.11. The number of rotatable bonds is 5. The molecule has 1 heterocycles. The second-order valence-electron chi connectivity index (χ2n) is 4.38. The molecule has 2 rings (SSSR count). The molecule has 0 bridgehead atoms. The second kappa shape index (κ2) is 6.21. The van der Waals surface area contributed by atoms with Crippen molar-refractivity contribution >= 4 is 11.8 Å².